The Kier molecular flexibility index (Phi) is 5.35. The van der Waals surface area contributed by atoms with E-state index in [1.54, 1.807) is 0 Å². The van der Waals surface area contributed by atoms with Crippen molar-refractivity contribution in [2.45, 2.75) is 33.4 Å². The molecule has 1 heterocycles. The predicted octanol–water partition coefficient (Wildman–Crippen LogP) is 5.15. The van der Waals surface area contributed by atoms with Gasteiger partial charge in [0.1, 0.15) is 0 Å². The van der Waals surface area contributed by atoms with Crippen molar-refractivity contribution in [3.63, 3.8) is 0 Å². The number of aromatic nitrogens is 2. The number of rotatable bonds is 5. The quantitative estimate of drug-likeness (QED) is 0.782. The van der Waals surface area contributed by atoms with Gasteiger partial charge in [-0.15, -0.1) is 0 Å². The Labute approximate surface area is 137 Å². The number of hydrogen-bond donors (Lipinski definition) is 1. The van der Waals surface area contributed by atoms with Crippen LogP contribution in [0.5, 0.6) is 0 Å². The lowest BCUT2D eigenvalue weighted by Gasteiger charge is -2.10. The average Bonchev–Trinajstić information content (AvgIpc) is 2.75. The summed E-state index contributed by atoms with van der Waals surface area (Å²) in [6, 6.07) is 5.64. The Balaban J connectivity index is 2.22. The minimum absolute atomic E-state index is 0.610. The standard InChI is InChI=1S/C14H16BrCl2N3/c1-3-11-14(17)13(20(4-2)19-11)8-18-12-7-9(16)5-6-10(12)15/h5-7,18H,3-4,8H2,1-2H3. The number of hydrogen-bond acceptors (Lipinski definition) is 2. The Hall–Kier alpha value is -0.710. The van der Waals surface area contributed by atoms with E-state index in [9.17, 15) is 0 Å². The second-order valence-electron chi connectivity index (χ2n) is 4.35. The second-order valence-corrected chi connectivity index (χ2v) is 6.02. The van der Waals surface area contributed by atoms with E-state index >= 15 is 0 Å². The molecule has 2 aromatic rings. The van der Waals surface area contributed by atoms with Crippen LogP contribution in [0.2, 0.25) is 10.0 Å². The topological polar surface area (TPSA) is 29.9 Å². The highest BCUT2D eigenvalue weighted by Gasteiger charge is 2.14. The molecule has 0 spiro atoms. The van der Waals surface area contributed by atoms with E-state index in [0.29, 0.717) is 11.6 Å². The molecule has 0 unspecified atom stereocenters. The zero-order valence-electron chi connectivity index (χ0n) is 11.4. The number of benzene rings is 1. The summed E-state index contributed by atoms with van der Waals surface area (Å²) >= 11 is 15.9. The van der Waals surface area contributed by atoms with Gasteiger partial charge in [-0.2, -0.15) is 5.10 Å². The van der Waals surface area contributed by atoms with Gasteiger partial charge >= 0.3 is 0 Å². The fraction of sp³-hybridized carbons (Fsp3) is 0.357. The first-order chi connectivity index (χ1) is 9.56. The third kappa shape index (κ3) is 3.30. The lowest BCUT2D eigenvalue weighted by Crippen LogP contribution is -2.08. The van der Waals surface area contributed by atoms with Gasteiger partial charge in [0.05, 0.1) is 28.6 Å². The normalized spacial score (nSPS) is 10.8. The molecule has 0 aliphatic rings. The van der Waals surface area contributed by atoms with Crippen LogP contribution in [-0.2, 0) is 19.5 Å². The maximum Gasteiger partial charge on any atom is 0.0868 e. The molecule has 20 heavy (non-hydrogen) atoms. The Morgan fingerprint density at radius 2 is 2.05 bits per heavy atom. The minimum Gasteiger partial charge on any atom is -0.378 e. The van der Waals surface area contributed by atoms with Crippen LogP contribution in [0.4, 0.5) is 5.69 Å². The number of anilines is 1. The summed E-state index contributed by atoms with van der Waals surface area (Å²) in [5.74, 6) is 0. The molecule has 0 bridgehead atoms. The van der Waals surface area contributed by atoms with Crippen LogP contribution < -0.4 is 5.32 Å². The van der Waals surface area contributed by atoms with Crippen molar-refractivity contribution in [2.75, 3.05) is 5.32 Å². The summed E-state index contributed by atoms with van der Waals surface area (Å²) in [6.07, 6.45) is 0.833. The molecule has 0 atom stereocenters. The largest absolute Gasteiger partial charge is 0.378 e. The van der Waals surface area contributed by atoms with Gasteiger partial charge in [-0.05, 0) is 47.5 Å². The van der Waals surface area contributed by atoms with Gasteiger partial charge in [0.2, 0.25) is 0 Å². The Morgan fingerprint density at radius 3 is 2.70 bits per heavy atom. The Morgan fingerprint density at radius 1 is 1.30 bits per heavy atom. The van der Waals surface area contributed by atoms with Crippen molar-refractivity contribution in [3.05, 3.63) is 44.1 Å². The summed E-state index contributed by atoms with van der Waals surface area (Å²) in [5, 5.41) is 9.30. The van der Waals surface area contributed by atoms with E-state index in [-0.39, 0.29) is 0 Å². The lowest BCUT2D eigenvalue weighted by atomic mass is 10.2. The maximum atomic E-state index is 6.38. The highest BCUT2D eigenvalue weighted by atomic mass is 79.9. The van der Waals surface area contributed by atoms with Crippen LogP contribution in [0.25, 0.3) is 0 Å². The molecular weight excluding hydrogens is 361 g/mol. The van der Waals surface area contributed by atoms with E-state index in [1.165, 1.54) is 0 Å². The molecule has 0 amide bonds. The zero-order valence-corrected chi connectivity index (χ0v) is 14.5. The van der Waals surface area contributed by atoms with Gasteiger partial charge in [-0.25, -0.2) is 0 Å². The molecule has 1 N–H and O–H groups in total. The fourth-order valence-electron chi connectivity index (χ4n) is 2.00. The first-order valence-corrected chi connectivity index (χ1v) is 8.04. The molecule has 108 valence electrons. The SMILES string of the molecule is CCc1nn(CC)c(CNc2cc(Cl)ccc2Br)c1Cl. The van der Waals surface area contributed by atoms with Crippen molar-refractivity contribution in [2.24, 2.45) is 0 Å². The maximum absolute atomic E-state index is 6.38. The van der Waals surface area contributed by atoms with Crippen molar-refractivity contribution in [3.8, 4) is 0 Å². The van der Waals surface area contributed by atoms with Crippen molar-refractivity contribution in [1.29, 1.82) is 0 Å². The van der Waals surface area contributed by atoms with Gasteiger partial charge in [0, 0.05) is 16.0 Å². The molecule has 0 aliphatic heterocycles. The number of nitrogens with one attached hydrogen (secondary N) is 1. The van der Waals surface area contributed by atoms with E-state index in [2.05, 4.69) is 40.2 Å². The second kappa shape index (κ2) is 6.83. The van der Waals surface area contributed by atoms with Gasteiger partial charge in [-0.1, -0.05) is 30.1 Å². The molecule has 0 aliphatic carbocycles. The molecule has 1 aromatic carbocycles. The fourth-order valence-corrected chi connectivity index (χ4v) is 2.89. The van der Waals surface area contributed by atoms with Crippen LogP contribution >= 0.6 is 39.1 Å². The monoisotopic (exact) mass is 375 g/mol. The van der Waals surface area contributed by atoms with Crippen LogP contribution in [0.15, 0.2) is 22.7 Å². The summed E-state index contributed by atoms with van der Waals surface area (Å²) in [4.78, 5) is 0. The molecule has 2 rings (SSSR count). The van der Waals surface area contributed by atoms with Crippen molar-refractivity contribution in [1.82, 2.24) is 9.78 Å². The number of aryl methyl sites for hydroxylation is 2. The summed E-state index contributed by atoms with van der Waals surface area (Å²) in [5.41, 5.74) is 2.88. The molecule has 0 saturated carbocycles. The first-order valence-electron chi connectivity index (χ1n) is 6.49. The van der Waals surface area contributed by atoms with Gasteiger partial charge in [-0.3, -0.25) is 4.68 Å². The van der Waals surface area contributed by atoms with Crippen LogP contribution in [0.3, 0.4) is 0 Å². The van der Waals surface area contributed by atoms with Crippen molar-refractivity contribution >= 4 is 44.8 Å². The highest BCUT2D eigenvalue weighted by molar-refractivity contribution is 9.10. The summed E-state index contributed by atoms with van der Waals surface area (Å²) in [7, 11) is 0. The zero-order chi connectivity index (χ0) is 14.7. The third-order valence-corrected chi connectivity index (χ3v) is 4.43. The Bertz CT molecular complexity index is 611. The molecule has 0 fully saturated rings. The van der Waals surface area contributed by atoms with Crippen LogP contribution in [0, 0.1) is 0 Å². The van der Waals surface area contributed by atoms with E-state index < -0.39 is 0 Å². The average molecular weight is 377 g/mol. The number of halogens is 3. The number of nitrogens with zero attached hydrogens (tertiary/aromatic N) is 2. The summed E-state index contributed by atoms with van der Waals surface area (Å²) < 4.78 is 2.91. The van der Waals surface area contributed by atoms with E-state index in [1.807, 2.05) is 22.9 Å². The molecular formula is C14H16BrCl2N3. The molecule has 3 nitrogen and oxygen atoms in total. The van der Waals surface area contributed by atoms with Gasteiger partial charge in [0.25, 0.3) is 0 Å². The van der Waals surface area contributed by atoms with Crippen LogP contribution in [0.1, 0.15) is 25.2 Å². The van der Waals surface area contributed by atoms with Crippen LogP contribution in [-0.4, -0.2) is 9.78 Å². The van der Waals surface area contributed by atoms with Gasteiger partial charge < -0.3 is 5.32 Å². The minimum atomic E-state index is 0.610. The molecule has 0 saturated heterocycles. The molecule has 0 radical (unpaired) electrons. The van der Waals surface area contributed by atoms with Crippen molar-refractivity contribution < 1.29 is 0 Å². The molecule has 6 heteroatoms. The lowest BCUT2D eigenvalue weighted by molar-refractivity contribution is 0.619. The highest BCUT2D eigenvalue weighted by Crippen LogP contribution is 2.28. The van der Waals surface area contributed by atoms with E-state index in [4.69, 9.17) is 23.2 Å². The van der Waals surface area contributed by atoms with E-state index in [0.717, 1.165) is 39.5 Å². The predicted molar refractivity (Wildman–Crippen MR) is 88.8 cm³/mol. The smallest absolute Gasteiger partial charge is 0.0868 e. The molecule has 1 aromatic heterocycles. The van der Waals surface area contributed by atoms with Gasteiger partial charge in [0.15, 0.2) is 0 Å². The first kappa shape index (κ1) is 15.7. The third-order valence-electron chi connectivity index (χ3n) is 3.07. The summed E-state index contributed by atoms with van der Waals surface area (Å²) in [6.45, 7) is 5.52.